The van der Waals surface area contributed by atoms with Gasteiger partial charge in [-0.05, 0) is 6.42 Å². The number of rotatable bonds is 0. The number of likely N-dealkylation sites (tertiary alicyclic amines) is 1. The van der Waals surface area contributed by atoms with Crippen LogP contribution in [0.15, 0.2) is 18.0 Å². The van der Waals surface area contributed by atoms with E-state index in [0.717, 1.165) is 25.1 Å². The summed E-state index contributed by atoms with van der Waals surface area (Å²) < 4.78 is 5.00. The Morgan fingerprint density at radius 3 is 2.92 bits per heavy atom. The Bertz CT molecular complexity index is 304. The smallest absolute Gasteiger partial charge is 0.314 e. The van der Waals surface area contributed by atoms with Crippen LogP contribution in [0.25, 0.3) is 0 Å². The summed E-state index contributed by atoms with van der Waals surface area (Å²) in [5, 5.41) is 0. The van der Waals surface area contributed by atoms with E-state index in [-0.39, 0.29) is 11.4 Å². The van der Waals surface area contributed by atoms with Gasteiger partial charge in [0.1, 0.15) is 0 Å². The van der Waals surface area contributed by atoms with Crippen molar-refractivity contribution in [1.29, 1.82) is 0 Å². The molecule has 3 heteroatoms. The first-order valence-electron chi connectivity index (χ1n) is 4.45. The molecule has 2 rings (SSSR count). The fourth-order valence-corrected chi connectivity index (χ4v) is 2.16. The lowest BCUT2D eigenvalue weighted by molar-refractivity contribution is -0.145. The van der Waals surface area contributed by atoms with Crippen LogP contribution in [0.4, 0.5) is 0 Å². The van der Waals surface area contributed by atoms with Gasteiger partial charge in [0, 0.05) is 20.0 Å². The van der Waals surface area contributed by atoms with Gasteiger partial charge in [-0.3, -0.25) is 4.79 Å². The van der Waals surface area contributed by atoms with Gasteiger partial charge in [-0.1, -0.05) is 6.58 Å². The molecule has 2 saturated heterocycles. The van der Waals surface area contributed by atoms with Gasteiger partial charge in [0.05, 0.1) is 17.7 Å². The third-order valence-corrected chi connectivity index (χ3v) is 2.96. The molecule has 70 valence electrons. The molecule has 0 aromatic heterocycles. The van der Waals surface area contributed by atoms with Crippen LogP contribution in [-0.2, 0) is 9.53 Å². The van der Waals surface area contributed by atoms with E-state index in [1.165, 1.54) is 0 Å². The fourth-order valence-electron chi connectivity index (χ4n) is 2.16. The number of hydrogen-bond donors (Lipinski definition) is 0. The third-order valence-electron chi connectivity index (χ3n) is 2.96. The maximum Gasteiger partial charge on any atom is 0.314 e. The monoisotopic (exact) mass is 179 g/mol. The Morgan fingerprint density at radius 2 is 2.46 bits per heavy atom. The number of allylic oxidation sites excluding steroid dienone is 1. The van der Waals surface area contributed by atoms with Crippen LogP contribution in [0, 0.1) is 5.41 Å². The van der Waals surface area contributed by atoms with Crippen LogP contribution in [0.3, 0.4) is 0 Å². The van der Waals surface area contributed by atoms with Crippen LogP contribution >= 0.6 is 0 Å². The third kappa shape index (κ3) is 1.08. The summed E-state index contributed by atoms with van der Waals surface area (Å²) in [6.45, 7) is 4.94. The van der Waals surface area contributed by atoms with Crippen molar-refractivity contribution in [2.24, 2.45) is 5.41 Å². The van der Waals surface area contributed by atoms with Crippen molar-refractivity contribution < 1.29 is 9.53 Å². The van der Waals surface area contributed by atoms with Gasteiger partial charge in [0.15, 0.2) is 0 Å². The molecule has 2 aliphatic rings. The van der Waals surface area contributed by atoms with Crippen molar-refractivity contribution in [3.8, 4) is 0 Å². The number of esters is 1. The van der Waals surface area contributed by atoms with Gasteiger partial charge < -0.3 is 9.64 Å². The first kappa shape index (κ1) is 8.39. The topological polar surface area (TPSA) is 29.5 Å². The first-order valence-corrected chi connectivity index (χ1v) is 4.45. The van der Waals surface area contributed by atoms with E-state index in [1.54, 1.807) is 0 Å². The molecule has 0 N–H and O–H groups in total. The summed E-state index contributed by atoms with van der Waals surface area (Å²) in [7, 11) is 1.97. The molecule has 2 aliphatic heterocycles. The van der Waals surface area contributed by atoms with Gasteiger partial charge in [0.2, 0.25) is 0 Å². The minimum absolute atomic E-state index is 0.0513. The minimum Gasteiger partial charge on any atom is -0.465 e. The second-order valence-electron chi connectivity index (χ2n) is 3.82. The summed E-state index contributed by atoms with van der Waals surface area (Å²) in [4.78, 5) is 13.5. The zero-order chi connectivity index (χ0) is 9.47. The van der Waals surface area contributed by atoms with Crippen LogP contribution in [0.5, 0.6) is 0 Å². The molecule has 1 spiro atoms. The largest absolute Gasteiger partial charge is 0.465 e. The maximum absolute atomic E-state index is 11.5. The van der Waals surface area contributed by atoms with E-state index in [9.17, 15) is 4.79 Å². The molecule has 2 fully saturated rings. The maximum atomic E-state index is 11.5. The molecular formula is C10H13NO2. The highest BCUT2D eigenvalue weighted by Gasteiger charge is 2.50. The normalized spacial score (nSPS) is 32.5. The predicted octanol–water partition coefficient (Wildman–Crippen LogP) is 0.924. The summed E-state index contributed by atoms with van der Waals surface area (Å²) in [6, 6.07) is 0. The zero-order valence-electron chi connectivity index (χ0n) is 7.80. The quantitative estimate of drug-likeness (QED) is 0.409. The molecule has 0 radical (unpaired) electrons. The molecule has 0 aromatic carbocycles. The van der Waals surface area contributed by atoms with E-state index in [4.69, 9.17) is 4.74 Å². The summed E-state index contributed by atoms with van der Waals surface area (Å²) in [5.74, 6) is -0.0513. The highest BCUT2D eigenvalue weighted by Crippen LogP contribution is 2.42. The van der Waals surface area contributed by atoms with Crippen LogP contribution in [-0.4, -0.2) is 31.1 Å². The van der Waals surface area contributed by atoms with E-state index in [0.29, 0.717) is 6.61 Å². The summed E-state index contributed by atoms with van der Waals surface area (Å²) >= 11 is 0. The predicted molar refractivity (Wildman–Crippen MR) is 47.9 cm³/mol. The average Bonchev–Trinajstić information content (AvgIpc) is 2.59. The Labute approximate surface area is 77.7 Å². The summed E-state index contributed by atoms with van der Waals surface area (Å²) in [6.07, 6.45) is 1.58. The summed E-state index contributed by atoms with van der Waals surface area (Å²) in [5.41, 5.74) is 3.61. The molecule has 0 bridgehead atoms. The van der Waals surface area contributed by atoms with Gasteiger partial charge in [-0.25, -0.2) is 0 Å². The Morgan fingerprint density at radius 1 is 1.69 bits per heavy atom. The van der Waals surface area contributed by atoms with Crippen molar-refractivity contribution in [3.63, 3.8) is 0 Å². The fraction of sp³-hybridized carbons (Fsp3) is 0.600. The lowest BCUT2D eigenvalue weighted by Crippen LogP contribution is -2.29. The molecule has 2 heterocycles. The van der Waals surface area contributed by atoms with Crippen molar-refractivity contribution in [2.75, 3.05) is 20.2 Å². The molecule has 0 saturated carbocycles. The molecule has 1 atom stereocenters. The standard InChI is InChI=1S/C10H13NO2/c1-3-8-6-10(7-11(8)2)4-5-13-9(10)12/h1,4-7H2,2H3. The average molecular weight is 179 g/mol. The molecule has 0 aromatic rings. The van der Waals surface area contributed by atoms with Crippen molar-refractivity contribution in [3.05, 3.63) is 18.0 Å². The number of ether oxygens (including phenoxy) is 1. The molecule has 1 unspecified atom stereocenters. The van der Waals surface area contributed by atoms with Crippen LogP contribution in [0.1, 0.15) is 12.8 Å². The highest BCUT2D eigenvalue weighted by molar-refractivity contribution is 5.80. The number of carbonyl (C=O) groups is 1. The van der Waals surface area contributed by atoms with E-state index in [1.807, 2.05) is 11.9 Å². The molecular weight excluding hydrogens is 166 g/mol. The van der Waals surface area contributed by atoms with E-state index < -0.39 is 0 Å². The van der Waals surface area contributed by atoms with Gasteiger partial charge >= 0.3 is 5.97 Å². The SMILES string of the molecule is C=C=C1CC2(CCOC2=O)CN1C. The van der Waals surface area contributed by atoms with Crippen LogP contribution < -0.4 is 0 Å². The lowest BCUT2D eigenvalue weighted by atomic mass is 9.85. The van der Waals surface area contributed by atoms with Crippen molar-refractivity contribution >= 4 is 5.97 Å². The molecule has 0 aliphatic carbocycles. The second kappa shape index (κ2) is 2.64. The lowest BCUT2D eigenvalue weighted by Gasteiger charge is -2.16. The van der Waals surface area contributed by atoms with Gasteiger partial charge in [-0.15, -0.1) is 5.73 Å². The highest BCUT2D eigenvalue weighted by atomic mass is 16.5. The molecule has 3 nitrogen and oxygen atoms in total. The second-order valence-corrected chi connectivity index (χ2v) is 3.82. The Balaban J connectivity index is 2.29. The van der Waals surface area contributed by atoms with Crippen molar-refractivity contribution in [1.82, 2.24) is 4.90 Å². The van der Waals surface area contributed by atoms with Gasteiger partial charge in [0.25, 0.3) is 0 Å². The Kier molecular flexibility index (Phi) is 1.70. The number of hydrogen-bond acceptors (Lipinski definition) is 3. The number of carbonyl (C=O) groups excluding carboxylic acids is 1. The molecule has 13 heavy (non-hydrogen) atoms. The minimum atomic E-state index is -0.283. The van der Waals surface area contributed by atoms with Gasteiger partial charge in [-0.2, -0.15) is 0 Å². The molecule has 0 amide bonds. The van der Waals surface area contributed by atoms with E-state index in [2.05, 4.69) is 12.3 Å². The van der Waals surface area contributed by atoms with Crippen molar-refractivity contribution in [2.45, 2.75) is 12.8 Å². The zero-order valence-corrected chi connectivity index (χ0v) is 7.80. The first-order chi connectivity index (χ1) is 6.18. The van der Waals surface area contributed by atoms with E-state index >= 15 is 0 Å². The van der Waals surface area contributed by atoms with Crippen LogP contribution in [0.2, 0.25) is 0 Å². The number of cyclic esters (lactones) is 1. The Hall–Kier alpha value is -1.21. The number of nitrogens with zero attached hydrogens (tertiary/aromatic N) is 1.